The molecule has 0 aliphatic heterocycles. The van der Waals surface area contributed by atoms with Crippen LogP contribution in [0.1, 0.15) is 29.3 Å². The molecule has 9 nitrogen and oxygen atoms in total. The van der Waals surface area contributed by atoms with Crippen LogP contribution in [-0.2, 0) is 24.2 Å². The fourth-order valence-corrected chi connectivity index (χ4v) is 5.70. The predicted octanol–water partition coefficient (Wildman–Crippen LogP) is 2.91. The molecule has 0 fully saturated rings. The second-order valence-corrected chi connectivity index (χ2v) is 9.55. The van der Waals surface area contributed by atoms with Crippen molar-refractivity contribution >= 4 is 49.6 Å². The Morgan fingerprint density at radius 3 is 2.97 bits per heavy atom. The molecular formula is C21H22BrN5O4S. The lowest BCUT2D eigenvalue weighted by atomic mass is 9.89. The number of carbonyl (C=O) groups excluding carboxylic acids is 1. The molecule has 0 spiro atoms. The van der Waals surface area contributed by atoms with Crippen LogP contribution in [0.2, 0.25) is 0 Å². The van der Waals surface area contributed by atoms with Gasteiger partial charge in [0.1, 0.15) is 6.54 Å². The second-order valence-electron chi connectivity index (χ2n) is 7.62. The summed E-state index contributed by atoms with van der Waals surface area (Å²) in [6.45, 7) is 1.94. The monoisotopic (exact) mass is 519 g/mol. The summed E-state index contributed by atoms with van der Waals surface area (Å²) < 4.78 is 12.3. The molecule has 1 aromatic carbocycles. The Labute approximate surface area is 196 Å². The summed E-state index contributed by atoms with van der Waals surface area (Å²) in [5.41, 5.74) is 3.89. The van der Waals surface area contributed by atoms with E-state index in [9.17, 15) is 9.59 Å². The summed E-state index contributed by atoms with van der Waals surface area (Å²) in [5.74, 6) is 1.21. The Balaban J connectivity index is 1.48. The summed E-state index contributed by atoms with van der Waals surface area (Å²) in [6, 6.07) is 3.51. The van der Waals surface area contributed by atoms with Gasteiger partial charge in [-0.1, -0.05) is 12.1 Å². The molecule has 4 rings (SSSR count). The number of aromatic nitrogens is 3. The zero-order valence-corrected chi connectivity index (χ0v) is 20.2. The minimum absolute atomic E-state index is 0.268. The number of halogens is 1. The summed E-state index contributed by atoms with van der Waals surface area (Å²) in [4.78, 5) is 27.2. The van der Waals surface area contributed by atoms with Crippen molar-refractivity contribution in [3.8, 4) is 11.5 Å². The average molecular weight is 520 g/mol. The lowest BCUT2D eigenvalue weighted by Crippen LogP contribution is -2.32. The number of methoxy groups -OCH3 is 2. The van der Waals surface area contributed by atoms with Gasteiger partial charge in [-0.2, -0.15) is 5.10 Å². The maximum absolute atomic E-state index is 13.0. The maximum atomic E-state index is 13.0. The number of rotatable bonds is 6. The van der Waals surface area contributed by atoms with Crippen LogP contribution < -0.4 is 20.5 Å². The molecule has 11 heteroatoms. The number of aryl methyl sites for hydroxylation is 1. The van der Waals surface area contributed by atoms with E-state index in [2.05, 4.69) is 43.7 Å². The highest BCUT2D eigenvalue weighted by Crippen LogP contribution is 2.36. The van der Waals surface area contributed by atoms with Crippen molar-refractivity contribution in [2.24, 2.45) is 11.0 Å². The smallest absolute Gasteiger partial charge is 0.279 e. The lowest BCUT2D eigenvalue weighted by molar-refractivity contribution is -0.121. The number of carbonyl (C=O) groups is 1. The van der Waals surface area contributed by atoms with Crippen molar-refractivity contribution in [2.45, 2.75) is 32.7 Å². The maximum Gasteiger partial charge on any atom is 0.279 e. The normalized spacial score (nSPS) is 15.7. The van der Waals surface area contributed by atoms with E-state index >= 15 is 0 Å². The number of thiophene rings is 1. The van der Waals surface area contributed by atoms with E-state index in [4.69, 9.17) is 9.47 Å². The fourth-order valence-electron chi connectivity index (χ4n) is 3.76. The van der Waals surface area contributed by atoms with E-state index in [0.29, 0.717) is 37.7 Å². The molecule has 0 radical (unpaired) electrons. The summed E-state index contributed by atoms with van der Waals surface area (Å²) in [7, 11) is 3.08. The first-order valence-corrected chi connectivity index (χ1v) is 11.6. The molecule has 0 saturated heterocycles. The largest absolute Gasteiger partial charge is 0.493 e. The zero-order chi connectivity index (χ0) is 22.8. The van der Waals surface area contributed by atoms with Crippen molar-refractivity contribution < 1.29 is 14.3 Å². The Morgan fingerprint density at radius 2 is 2.22 bits per heavy atom. The number of amides is 1. The molecule has 1 unspecified atom stereocenters. The molecular weight excluding hydrogens is 498 g/mol. The Hall–Kier alpha value is -2.79. The van der Waals surface area contributed by atoms with E-state index < -0.39 is 5.91 Å². The third kappa shape index (κ3) is 4.40. The number of nitrogens with one attached hydrogen (secondary N) is 1. The van der Waals surface area contributed by atoms with Gasteiger partial charge in [0.2, 0.25) is 0 Å². The molecule has 1 N–H and O–H groups in total. The van der Waals surface area contributed by atoms with Gasteiger partial charge in [0.25, 0.3) is 11.5 Å². The molecule has 1 amide bonds. The van der Waals surface area contributed by atoms with Gasteiger partial charge in [-0.25, -0.2) is 10.1 Å². The van der Waals surface area contributed by atoms with Crippen LogP contribution >= 0.6 is 27.3 Å². The van der Waals surface area contributed by atoms with Crippen molar-refractivity contribution in [3.63, 3.8) is 0 Å². The summed E-state index contributed by atoms with van der Waals surface area (Å²) in [5, 5.41) is 12.7. The van der Waals surface area contributed by atoms with E-state index in [1.807, 2.05) is 0 Å². The first-order chi connectivity index (χ1) is 15.4. The molecule has 0 saturated carbocycles. The number of hydrogen-bond donors (Lipinski definition) is 1. The molecule has 168 valence electrons. The first-order valence-electron chi connectivity index (χ1n) is 10.0. The first kappa shape index (κ1) is 22.4. The highest BCUT2D eigenvalue weighted by Gasteiger charge is 2.24. The Bertz CT molecular complexity index is 1270. The van der Waals surface area contributed by atoms with Crippen molar-refractivity contribution in [1.29, 1.82) is 0 Å². The van der Waals surface area contributed by atoms with Crippen molar-refractivity contribution in [2.75, 3.05) is 14.2 Å². The standard InChI is InChI=1S/C21H22BrN5O4S/c1-11-4-5-13-16(6-11)32-20-18(13)21(29)27(26-25-20)10-17(28)24-23-9-12-7-14(22)19(31-3)15(8-12)30-2/h7-9,11H,4-6,10H2,1-3H3,(H,24,28)/b23-9+. The van der Waals surface area contributed by atoms with Crippen molar-refractivity contribution in [3.05, 3.63) is 43.0 Å². The van der Waals surface area contributed by atoms with Crippen LogP contribution in [0.3, 0.4) is 0 Å². The third-order valence-corrected chi connectivity index (χ3v) is 7.06. The molecule has 1 aliphatic rings. The van der Waals surface area contributed by atoms with Gasteiger partial charge >= 0.3 is 0 Å². The summed E-state index contributed by atoms with van der Waals surface area (Å²) in [6.07, 6.45) is 4.33. The average Bonchev–Trinajstić information content (AvgIpc) is 3.13. The quantitative estimate of drug-likeness (QED) is 0.396. The zero-order valence-electron chi connectivity index (χ0n) is 17.8. The van der Waals surface area contributed by atoms with Crippen LogP contribution in [-0.4, -0.2) is 41.3 Å². The fraction of sp³-hybridized carbons (Fsp3) is 0.381. The summed E-state index contributed by atoms with van der Waals surface area (Å²) >= 11 is 4.94. The highest BCUT2D eigenvalue weighted by atomic mass is 79.9. The lowest BCUT2D eigenvalue weighted by Gasteiger charge is -2.17. The van der Waals surface area contributed by atoms with E-state index in [0.717, 1.165) is 29.5 Å². The molecule has 1 atom stereocenters. The number of fused-ring (bicyclic) bond motifs is 3. The predicted molar refractivity (Wildman–Crippen MR) is 126 cm³/mol. The van der Waals surface area contributed by atoms with Crippen molar-refractivity contribution in [1.82, 2.24) is 20.4 Å². The topological polar surface area (TPSA) is 108 Å². The van der Waals surface area contributed by atoms with Crippen LogP contribution in [0.25, 0.3) is 10.2 Å². The van der Waals surface area contributed by atoms with Gasteiger partial charge in [-0.3, -0.25) is 9.59 Å². The van der Waals surface area contributed by atoms with Crippen LogP contribution in [0.15, 0.2) is 26.5 Å². The minimum atomic E-state index is -0.478. The van der Waals surface area contributed by atoms with E-state index in [-0.39, 0.29) is 12.1 Å². The number of hydrogen-bond acceptors (Lipinski definition) is 8. The molecule has 32 heavy (non-hydrogen) atoms. The third-order valence-electron chi connectivity index (χ3n) is 5.34. The van der Waals surface area contributed by atoms with Crippen LogP contribution in [0.5, 0.6) is 11.5 Å². The molecule has 2 aromatic heterocycles. The molecule has 3 aromatic rings. The second kappa shape index (κ2) is 9.37. The van der Waals surface area contributed by atoms with Gasteiger partial charge in [-0.15, -0.1) is 16.4 Å². The Kier molecular flexibility index (Phi) is 6.56. The number of benzene rings is 1. The highest BCUT2D eigenvalue weighted by molar-refractivity contribution is 9.10. The SMILES string of the molecule is COc1cc(/C=N/NC(=O)Cn2nnc3sc4c(c3c2=O)CCC(C)C4)cc(Br)c1OC. The Morgan fingerprint density at radius 1 is 1.41 bits per heavy atom. The van der Waals surface area contributed by atoms with E-state index in [1.54, 1.807) is 19.2 Å². The minimum Gasteiger partial charge on any atom is -0.493 e. The van der Waals surface area contributed by atoms with Gasteiger partial charge in [-0.05, 0) is 64.4 Å². The molecule has 1 aliphatic carbocycles. The van der Waals surface area contributed by atoms with Gasteiger partial charge in [0.05, 0.1) is 30.3 Å². The van der Waals surface area contributed by atoms with E-state index in [1.165, 1.54) is 29.5 Å². The number of ether oxygens (including phenoxy) is 2. The number of nitrogens with zero attached hydrogens (tertiary/aromatic N) is 4. The number of hydrazone groups is 1. The van der Waals surface area contributed by atoms with Crippen LogP contribution in [0, 0.1) is 5.92 Å². The molecule has 0 bridgehead atoms. The molecule has 2 heterocycles. The van der Waals surface area contributed by atoms with Gasteiger partial charge < -0.3 is 9.47 Å². The van der Waals surface area contributed by atoms with Crippen LogP contribution in [0.4, 0.5) is 0 Å². The van der Waals surface area contributed by atoms with Gasteiger partial charge in [0, 0.05) is 4.88 Å². The van der Waals surface area contributed by atoms with Gasteiger partial charge in [0.15, 0.2) is 16.3 Å².